The van der Waals surface area contributed by atoms with Crippen LogP contribution in [0.3, 0.4) is 0 Å². The lowest BCUT2D eigenvalue weighted by atomic mass is 9.83. The largest absolute Gasteiger partial charge is 0.463 e. The summed E-state index contributed by atoms with van der Waals surface area (Å²) in [5.74, 6) is 7.30. The molecule has 3 N–H and O–H groups in total. The highest BCUT2D eigenvalue weighted by Crippen LogP contribution is 2.29. The highest BCUT2D eigenvalue weighted by molar-refractivity contribution is 5.37. The van der Waals surface area contributed by atoms with E-state index in [0.717, 1.165) is 25.4 Å². The second-order valence-electron chi connectivity index (χ2n) is 5.87. The summed E-state index contributed by atoms with van der Waals surface area (Å²) in [4.78, 5) is 15.1. The van der Waals surface area contributed by atoms with Crippen molar-refractivity contribution in [1.82, 2.24) is 15.0 Å². The summed E-state index contributed by atoms with van der Waals surface area (Å²) in [5, 5.41) is 0. The van der Waals surface area contributed by atoms with Crippen LogP contribution in [-0.2, 0) is 0 Å². The molecule has 7 nitrogen and oxygen atoms in total. The molecule has 3 rings (SSSR count). The average molecular weight is 292 g/mol. The number of nitrogen functional groups attached to an aromatic ring is 1. The lowest BCUT2D eigenvalue weighted by molar-refractivity contribution is 0.212. The normalized spacial score (nSPS) is 19.2. The predicted octanol–water partition coefficient (Wildman–Crippen LogP) is 1.72. The number of nitrogens with one attached hydrogen (secondary N) is 1. The van der Waals surface area contributed by atoms with Crippen LogP contribution in [0.2, 0.25) is 0 Å². The van der Waals surface area contributed by atoms with Gasteiger partial charge in [-0.1, -0.05) is 19.3 Å². The van der Waals surface area contributed by atoms with E-state index in [1.54, 1.807) is 0 Å². The second-order valence-corrected chi connectivity index (χ2v) is 5.87. The number of hydrogen-bond acceptors (Lipinski definition) is 7. The van der Waals surface area contributed by atoms with Crippen LogP contribution >= 0.6 is 0 Å². The molecule has 1 saturated carbocycles. The molecular weight excluding hydrogens is 268 g/mol. The summed E-state index contributed by atoms with van der Waals surface area (Å²) in [6.45, 7) is 2.63. The van der Waals surface area contributed by atoms with E-state index in [1.165, 1.54) is 38.5 Å². The molecule has 0 unspecified atom stereocenters. The third-order valence-electron chi connectivity index (χ3n) is 4.35. The van der Waals surface area contributed by atoms with Gasteiger partial charge in [0, 0.05) is 13.1 Å². The maximum Gasteiger partial charge on any atom is 0.323 e. The third kappa shape index (κ3) is 3.72. The maximum atomic E-state index is 5.70. The van der Waals surface area contributed by atoms with E-state index in [9.17, 15) is 0 Å². The summed E-state index contributed by atoms with van der Waals surface area (Å²) in [5.41, 5.74) is 2.50. The summed E-state index contributed by atoms with van der Waals surface area (Å²) in [6, 6.07) is 0.373. The van der Waals surface area contributed by atoms with E-state index in [2.05, 4.69) is 25.3 Å². The lowest BCUT2D eigenvalue weighted by Crippen LogP contribution is -2.31. The van der Waals surface area contributed by atoms with Crippen molar-refractivity contribution in [3.8, 4) is 6.01 Å². The number of nitrogens with two attached hydrogens (primary N) is 1. The van der Waals surface area contributed by atoms with Gasteiger partial charge >= 0.3 is 6.01 Å². The summed E-state index contributed by atoms with van der Waals surface area (Å²) in [6.07, 6.45) is 8.72. The first-order valence-corrected chi connectivity index (χ1v) is 7.95. The molecule has 116 valence electrons. The molecule has 0 bridgehead atoms. The molecule has 0 atom stereocenters. The number of ether oxygens (including phenoxy) is 1. The average Bonchev–Trinajstić information content (AvgIpc) is 2.50. The van der Waals surface area contributed by atoms with Crippen LogP contribution in [-0.4, -0.2) is 34.6 Å². The monoisotopic (exact) mass is 292 g/mol. The first kappa shape index (κ1) is 14.3. The number of piperidine rings is 1. The van der Waals surface area contributed by atoms with Crippen molar-refractivity contribution in [2.45, 2.75) is 44.9 Å². The quantitative estimate of drug-likeness (QED) is 0.609. The fraction of sp³-hybridized carbons (Fsp3) is 0.786. The Morgan fingerprint density at radius 2 is 1.90 bits per heavy atom. The Balaban J connectivity index is 1.63. The molecule has 2 aliphatic rings. The number of nitrogens with zero attached hydrogens (tertiary/aromatic N) is 4. The fourth-order valence-electron chi connectivity index (χ4n) is 2.81. The van der Waals surface area contributed by atoms with Gasteiger partial charge in [-0.2, -0.15) is 15.0 Å². The minimum Gasteiger partial charge on any atom is -0.463 e. The van der Waals surface area contributed by atoms with Gasteiger partial charge in [-0.05, 0) is 31.6 Å². The van der Waals surface area contributed by atoms with Crippen LogP contribution in [0.25, 0.3) is 0 Å². The van der Waals surface area contributed by atoms with Crippen molar-refractivity contribution in [3.63, 3.8) is 0 Å². The molecule has 0 amide bonds. The fourth-order valence-corrected chi connectivity index (χ4v) is 2.81. The molecule has 1 aliphatic heterocycles. The van der Waals surface area contributed by atoms with E-state index in [-0.39, 0.29) is 0 Å². The number of hydrazine groups is 1. The van der Waals surface area contributed by atoms with E-state index in [1.807, 2.05) is 0 Å². The molecular formula is C14H24N6O. The van der Waals surface area contributed by atoms with Crippen LogP contribution in [0.5, 0.6) is 6.01 Å². The highest BCUT2D eigenvalue weighted by atomic mass is 16.5. The number of anilines is 2. The minimum atomic E-state index is 0.365. The van der Waals surface area contributed by atoms with Crippen LogP contribution in [0, 0.1) is 5.92 Å². The van der Waals surface area contributed by atoms with Gasteiger partial charge in [0.1, 0.15) is 0 Å². The van der Waals surface area contributed by atoms with Gasteiger partial charge < -0.3 is 9.64 Å². The summed E-state index contributed by atoms with van der Waals surface area (Å²) in [7, 11) is 0. The Morgan fingerprint density at radius 3 is 2.57 bits per heavy atom. The standard InChI is InChI=1S/C14H24N6O/c15-19-12-16-13(20-8-2-1-3-9-20)18-14(17-12)21-10-7-11-5-4-6-11/h11H,1-10,15H2,(H,16,17,18,19). The maximum absolute atomic E-state index is 5.70. The molecule has 0 spiro atoms. The van der Waals surface area contributed by atoms with Crippen LogP contribution < -0.4 is 20.9 Å². The molecule has 1 aliphatic carbocycles. The predicted molar refractivity (Wildman–Crippen MR) is 81.2 cm³/mol. The van der Waals surface area contributed by atoms with Crippen molar-refractivity contribution in [1.29, 1.82) is 0 Å². The van der Waals surface area contributed by atoms with Crippen molar-refractivity contribution >= 4 is 11.9 Å². The molecule has 2 fully saturated rings. The molecule has 21 heavy (non-hydrogen) atoms. The van der Waals surface area contributed by atoms with Gasteiger partial charge in [-0.25, -0.2) is 5.84 Å². The Morgan fingerprint density at radius 1 is 1.10 bits per heavy atom. The zero-order valence-corrected chi connectivity index (χ0v) is 12.4. The number of rotatable bonds is 6. The first-order valence-electron chi connectivity index (χ1n) is 7.95. The lowest BCUT2D eigenvalue weighted by Gasteiger charge is -2.27. The highest BCUT2D eigenvalue weighted by Gasteiger charge is 2.19. The molecule has 7 heteroatoms. The van der Waals surface area contributed by atoms with Crippen molar-refractivity contribution in [2.24, 2.45) is 11.8 Å². The van der Waals surface area contributed by atoms with Gasteiger partial charge in [-0.15, -0.1) is 0 Å². The van der Waals surface area contributed by atoms with Gasteiger partial charge in [-0.3, -0.25) is 5.43 Å². The van der Waals surface area contributed by atoms with Gasteiger partial charge in [0.15, 0.2) is 0 Å². The molecule has 0 aromatic carbocycles. The molecule has 1 saturated heterocycles. The van der Waals surface area contributed by atoms with Crippen molar-refractivity contribution in [3.05, 3.63) is 0 Å². The van der Waals surface area contributed by atoms with Gasteiger partial charge in [0.25, 0.3) is 0 Å². The van der Waals surface area contributed by atoms with Gasteiger partial charge in [0.05, 0.1) is 6.61 Å². The van der Waals surface area contributed by atoms with Crippen LogP contribution in [0.1, 0.15) is 44.9 Å². The van der Waals surface area contributed by atoms with Gasteiger partial charge in [0.2, 0.25) is 11.9 Å². The van der Waals surface area contributed by atoms with Crippen molar-refractivity contribution in [2.75, 3.05) is 30.0 Å². The van der Waals surface area contributed by atoms with E-state index in [4.69, 9.17) is 10.6 Å². The first-order chi connectivity index (χ1) is 10.3. The molecule has 2 heterocycles. The van der Waals surface area contributed by atoms with Crippen LogP contribution in [0.15, 0.2) is 0 Å². The summed E-state index contributed by atoms with van der Waals surface area (Å²) < 4.78 is 5.70. The Hall–Kier alpha value is -1.63. The minimum absolute atomic E-state index is 0.365. The topological polar surface area (TPSA) is 89.2 Å². The second kappa shape index (κ2) is 6.89. The van der Waals surface area contributed by atoms with E-state index >= 15 is 0 Å². The zero-order chi connectivity index (χ0) is 14.5. The SMILES string of the molecule is NNc1nc(OCCC2CCC2)nc(N2CCCCC2)n1. The van der Waals surface area contributed by atoms with Crippen LogP contribution in [0.4, 0.5) is 11.9 Å². The zero-order valence-electron chi connectivity index (χ0n) is 12.4. The Bertz CT molecular complexity index is 459. The smallest absolute Gasteiger partial charge is 0.323 e. The number of hydrogen-bond donors (Lipinski definition) is 2. The van der Waals surface area contributed by atoms with Crippen molar-refractivity contribution < 1.29 is 4.74 Å². The Kier molecular flexibility index (Phi) is 4.69. The Labute approximate surface area is 125 Å². The van der Waals surface area contributed by atoms with E-state index < -0.39 is 0 Å². The molecule has 1 aromatic heterocycles. The third-order valence-corrected chi connectivity index (χ3v) is 4.35. The molecule has 1 aromatic rings. The molecule has 0 radical (unpaired) electrons. The van der Waals surface area contributed by atoms with E-state index in [0.29, 0.717) is 24.5 Å². The number of aromatic nitrogens is 3. The summed E-state index contributed by atoms with van der Waals surface area (Å²) >= 11 is 0.